The van der Waals surface area contributed by atoms with Crippen LogP contribution in [-0.4, -0.2) is 50.0 Å². The number of alkyl halides is 2. The summed E-state index contributed by atoms with van der Waals surface area (Å²) in [7, 11) is 3.87. The number of nitrogens with zero attached hydrogens (tertiary/aromatic N) is 1. The molecule has 1 aromatic carbocycles. The number of halogens is 2. The molecule has 0 saturated carbocycles. The highest BCUT2D eigenvalue weighted by molar-refractivity contribution is 5.82. The van der Waals surface area contributed by atoms with Crippen molar-refractivity contribution in [3.8, 4) is 0 Å². The van der Waals surface area contributed by atoms with Gasteiger partial charge in [0.1, 0.15) is 0 Å². The summed E-state index contributed by atoms with van der Waals surface area (Å²) >= 11 is 0. The molecule has 2 N–H and O–H groups in total. The van der Waals surface area contributed by atoms with Crippen molar-refractivity contribution in [1.29, 1.82) is 0 Å². The Morgan fingerprint density at radius 1 is 1.39 bits per heavy atom. The lowest BCUT2D eigenvalue weighted by Crippen LogP contribution is -2.43. The number of hydrogen-bond acceptors (Lipinski definition) is 3. The van der Waals surface area contributed by atoms with Crippen molar-refractivity contribution < 1.29 is 13.6 Å². The van der Waals surface area contributed by atoms with Gasteiger partial charge in [0.05, 0.1) is 18.6 Å². The van der Waals surface area contributed by atoms with Crippen LogP contribution in [0.25, 0.3) is 0 Å². The molecule has 1 fully saturated rings. The highest BCUT2D eigenvalue weighted by Crippen LogP contribution is 2.25. The molecule has 4 nitrogen and oxygen atoms in total. The molecule has 1 saturated heterocycles. The smallest absolute Gasteiger partial charge is 0.262 e. The molecule has 0 radical (unpaired) electrons. The summed E-state index contributed by atoms with van der Waals surface area (Å²) in [5, 5.41) is 5.37. The third-order valence-corrected chi connectivity index (χ3v) is 4.29. The van der Waals surface area contributed by atoms with E-state index in [-0.39, 0.29) is 11.9 Å². The van der Waals surface area contributed by atoms with Crippen LogP contribution >= 0.6 is 0 Å². The van der Waals surface area contributed by atoms with Gasteiger partial charge >= 0.3 is 0 Å². The van der Waals surface area contributed by atoms with Gasteiger partial charge in [0.15, 0.2) is 0 Å². The normalized spacial score (nSPS) is 21.4. The first-order valence-corrected chi connectivity index (χ1v) is 7.96. The predicted molar refractivity (Wildman–Crippen MR) is 86.6 cm³/mol. The molecular formula is C17H25F2N3O. The number of carbonyl (C=O) groups is 1. The monoisotopic (exact) mass is 325 g/mol. The van der Waals surface area contributed by atoms with Gasteiger partial charge in [-0.2, -0.15) is 0 Å². The lowest BCUT2D eigenvalue weighted by atomic mass is 10.0. The minimum absolute atomic E-state index is 0.00627. The summed E-state index contributed by atoms with van der Waals surface area (Å²) in [5.74, 6) is -3.15. The Morgan fingerprint density at radius 2 is 2.04 bits per heavy atom. The Hall–Kier alpha value is -1.53. The van der Waals surface area contributed by atoms with Crippen LogP contribution in [0.1, 0.15) is 30.5 Å². The van der Waals surface area contributed by atoms with Crippen LogP contribution in [0.4, 0.5) is 8.78 Å². The van der Waals surface area contributed by atoms with E-state index in [1.165, 1.54) is 5.56 Å². The van der Waals surface area contributed by atoms with Crippen LogP contribution in [0, 0.1) is 0 Å². The van der Waals surface area contributed by atoms with Crippen molar-refractivity contribution in [2.75, 3.05) is 27.2 Å². The van der Waals surface area contributed by atoms with Crippen molar-refractivity contribution in [1.82, 2.24) is 15.5 Å². The molecular weight excluding hydrogens is 300 g/mol. The number of carbonyl (C=O) groups excluding carboxylic acids is 1. The van der Waals surface area contributed by atoms with Crippen LogP contribution < -0.4 is 10.6 Å². The molecule has 128 valence electrons. The number of amides is 1. The molecule has 1 amide bonds. The van der Waals surface area contributed by atoms with Gasteiger partial charge in [0.2, 0.25) is 5.91 Å². The van der Waals surface area contributed by atoms with Gasteiger partial charge in [-0.05, 0) is 31.6 Å². The summed E-state index contributed by atoms with van der Waals surface area (Å²) < 4.78 is 26.3. The van der Waals surface area contributed by atoms with E-state index in [0.29, 0.717) is 6.54 Å². The molecule has 2 atom stereocenters. The molecule has 1 aliphatic heterocycles. The maximum Gasteiger partial charge on any atom is 0.262 e. The van der Waals surface area contributed by atoms with Crippen molar-refractivity contribution >= 4 is 5.91 Å². The Morgan fingerprint density at radius 3 is 2.52 bits per heavy atom. The second-order valence-corrected chi connectivity index (χ2v) is 6.31. The lowest BCUT2D eigenvalue weighted by Gasteiger charge is -2.26. The summed E-state index contributed by atoms with van der Waals surface area (Å²) in [5.41, 5.74) is 2.35. The van der Waals surface area contributed by atoms with Crippen LogP contribution in [0.5, 0.6) is 0 Å². The van der Waals surface area contributed by atoms with Gasteiger partial charge in [0, 0.05) is 13.0 Å². The zero-order valence-corrected chi connectivity index (χ0v) is 13.9. The lowest BCUT2D eigenvalue weighted by molar-refractivity contribution is -0.123. The molecule has 1 aliphatic rings. The SMILES string of the molecule is CCc1ccc(C(CNC(=O)C2CC(F)(F)CN2)N(C)C)cc1. The Bertz CT molecular complexity index is 531. The second-order valence-electron chi connectivity index (χ2n) is 6.31. The molecule has 0 spiro atoms. The van der Waals surface area contributed by atoms with Crippen LogP contribution in [0.15, 0.2) is 24.3 Å². The summed E-state index contributed by atoms with van der Waals surface area (Å²) in [6.45, 7) is 2.06. The van der Waals surface area contributed by atoms with E-state index in [1.807, 2.05) is 19.0 Å². The van der Waals surface area contributed by atoms with Crippen molar-refractivity contribution in [3.63, 3.8) is 0 Å². The molecule has 0 aromatic heterocycles. The Kier molecular flexibility index (Phi) is 5.70. The number of rotatable bonds is 6. The second kappa shape index (κ2) is 7.36. The standard InChI is InChI=1S/C17H25F2N3O/c1-4-12-5-7-13(8-6-12)15(22(2)3)10-20-16(23)14-9-17(18,19)11-21-14/h5-8,14-15,21H,4,9-11H2,1-3H3,(H,20,23). The maximum absolute atomic E-state index is 13.2. The first kappa shape index (κ1) is 17.8. The quantitative estimate of drug-likeness (QED) is 0.840. The fraction of sp³-hybridized carbons (Fsp3) is 0.588. The number of nitrogens with one attached hydrogen (secondary N) is 2. The highest BCUT2D eigenvalue weighted by atomic mass is 19.3. The first-order chi connectivity index (χ1) is 10.8. The van der Waals surface area contributed by atoms with Crippen LogP contribution in [0.3, 0.4) is 0 Å². The molecule has 0 aliphatic carbocycles. The number of benzene rings is 1. The molecule has 1 aromatic rings. The third kappa shape index (κ3) is 4.72. The van der Waals surface area contributed by atoms with Gasteiger partial charge in [-0.1, -0.05) is 31.2 Å². The minimum atomic E-state index is -2.79. The van der Waals surface area contributed by atoms with E-state index in [4.69, 9.17) is 0 Å². The predicted octanol–water partition coefficient (Wildman–Crippen LogP) is 1.97. The number of likely N-dealkylation sites (N-methyl/N-ethyl adjacent to an activating group) is 1. The Labute approximate surface area is 136 Å². The van der Waals surface area contributed by atoms with Gasteiger partial charge in [-0.15, -0.1) is 0 Å². The maximum atomic E-state index is 13.2. The fourth-order valence-electron chi connectivity index (χ4n) is 2.80. The van der Waals surface area contributed by atoms with Crippen LogP contribution in [-0.2, 0) is 11.2 Å². The van der Waals surface area contributed by atoms with Gasteiger partial charge in [0.25, 0.3) is 5.92 Å². The average molecular weight is 325 g/mol. The zero-order chi connectivity index (χ0) is 17.0. The van der Waals surface area contributed by atoms with Gasteiger partial charge in [-0.25, -0.2) is 8.78 Å². The van der Waals surface area contributed by atoms with Gasteiger partial charge in [-0.3, -0.25) is 10.1 Å². The Balaban J connectivity index is 1.95. The van der Waals surface area contributed by atoms with E-state index in [1.54, 1.807) is 0 Å². The number of aryl methyl sites for hydroxylation is 1. The van der Waals surface area contributed by atoms with Crippen molar-refractivity contribution in [3.05, 3.63) is 35.4 Å². The van der Waals surface area contributed by atoms with E-state index in [0.717, 1.165) is 12.0 Å². The topological polar surface area (TPSA) is 44.4 Å². The summed E-state index contributed by atoms with van der Waals surface area (Å²) in [6, 6.07) is 7.45. The fourth-order valence-corrected chi connectivity index (χ4v) is 2.80. The third-order valence-electron chi connectivity index (χ3n) is 4.29. The van der Waals surface area contributed by atoms with Crippen molar-refractivity contribution in [2.45, 2.75) is 37.8 Å². The molecule has 6 heteroatoms. The van der Waals surface area contributed by atoms with E-state index in [2.05, 4.69) is 41.8 Å². The van der Waals surface area contributed by atoms with Crippen LogP contribution in [0.2, 0.25) is 0 Å². The zero-order valence-electron chi connectivity index (χ0n) is 13.9. The molecule has 2 rings (SSSR count). The first-order valence-electron chi connectivity index (χ1n) is 7.96. The molecule has 1 heterocycles. The molecule has 23 heavy (non-hydrogen) atoms. The van der Waals surface area contributed by atoms with E-state index in [9.17, 15) is 13.6 Å². The molecule has 0 bridgehead atoms. The largest absolute Gasteiger partial charge is 0.353 e. The average Bonchev–Trinajstić information content (AvgIpc) is 2.88. The van der Waals surface area contributed by atoms with E-state index >= 15 is 0 Å². The number of hydrogen-bond donors (Lipinski definition) is 2. The van der Waals surface area contributed by atoms with Crippen molar-refractivity contribution in [2.24, 2.45) is 0 Å². The summed E-state index contributed by atoms with van der Waals surface area (Å²) in [6.07, 6.45) is 0.544. The van der Waals surface area contributed by atoms with Gasteiger partial charge < -0.3 is 10.2 Å². The van der Waals surface area contributed by atoms with E-state index < -0.39 is 24.9 Å². The highest BCUT2D eigenvalue weighted by Gasteiger charge is 2.42. The summed E-state index contributed by atoms with van der Waals surface area (Å²) in [4.78, 5) is 14.1. The minimum Gasteiger partial charge on any atom is -0.353 e. The molecule has 2 unspecified atom stereocenters.